The number of piperidine rings is 1. The van der Waals surface area contributed by atoms with Gasteiger partial charge in [-0.1, -0.05) is 30.4 Å². The number of alkyl halides is 3. The van der Waals surface area contributed by atoms with E-state index < -0.39 is 12.0 Å². The van der Waals surface area contributed by atoms with Crippen molar-refractivity contribution in [3.8, 4) is 5.75 Å². The predicted octanol–water partition coefficient (Wildman–Crippen LogP) is 4.25. The van der Waals surface area contributed by atoms with Crippen molar-refractivity contribution in [3.63, 3.8) is 0 Å². The van der Waals surface area contributed by atoms with Crippen molar-refractivity contribution in [2.24, 2.45) is 0 Å². The number of amides is 2. The van der Waals surface area contributed by atoms with E-state index in [1.807, 2.05) is 36.4 Å². The predicted molar refractivity (Wildman–Crippen MR) is 126 cm³/mol. The van der Waals surface area contributed by atoms with E-state index >= 15 is 0 Å². The van der Waals surface area contributed by atoms with Crippen LogP contribution in [0.1, 0.15) is 41.0 Å². The molecule has 2 aliphatic heterocycles. The van der Waals surface area contributed by atoms with Gasteiger partial charge in [0.1, 0.15) is 5.75 Å². The van der Waals surface area contributed by atoms with E-state index in [1.165, 1.54) is 18.2 Å². The van der Waals surface area contributed by atoms with E-state index in [-0.39, 0.29) is 47.1 Å². The number of carbonyl (C=O) groups is 2. The number of nitrogens with zero attached hydrogens (tertiary/aromatic N) is 2. The summed E-state index contributed by atoms with van der Waals surface area (Å²) in [6.07, 6.45) is 1.97. The molecule has 0 spiro atoms. The number of ether oxygens (including phenoxy) is 1. The molecular weight excluding hydrogens is 473 g/mol. The van der Waals surface area contributed by atoms with E-state index in [9.17, 15) is 22.8 Å². The second-order valence-corrected chi connectivity index (χ2v) is 9.00. The van der Waals surface area contributed by atoms with Gasteiger partial charge in [0, 0.05) is 18.2 Å². The zero-order valence-electron chi connectivity index (χ0n) is 19.3. The van der Waals surface area contributed by atoms with Crippen LogP contribution in [0.4, 0.5) is 13.2 Å². The molecule has 1 saturated heterocycles. The largest absolute Gasteiger partial charge is 0.483 e. The van der Waals surface area contributed by atoms with Crippen LogP contribution in [0.25, 0.3) is 11.0 Å². The van der Waals surface area contributed by atoms with Gasteiger partial charge in [0.05, 0.1) is 17.1 Å². The van der Waals surface area contributed by atoms with Crippen molar-refractivity contribution >= 4 is 22.8 Å². The maximum atomic E-state index is 13.5. The van der Waals surface area contributed by atoms with Gasteiger partial charge >= 0.3 is 6.18 Å². The third-order valence-electron chi connectivity index (χ3n) is 6.60. The number of aromatic amines is 1. The Bertz CT molecular complexity index is 1320. The van der Waals surface area contributed by atoms with Gasteiger partial charge in [-0.3, -0.25) is 9.59 Å². The lowest BCUT2D eigenvalue weighted by Gasteiger charge is -2.41. The van der Waals surface area contributed by atoms with Crippen molar-refractivity contribution in [3.05, 3.63) is 71.6 Å². The van der Waals surface area contributed by atoms with Crippen molar-refractivity contribution in [2.45, 2.75) is 43.9 Å². The van der Waals surface area contributed by atoms with E-state index in [2.05, 4.69) is 15.3 Å². The molecule has 5 rings (SSSR count). The summed E-state index contributed by atoms with van der Waals surface area (Å²) in [4.78, 5) is 33.8. The second-order valence-electron chi connectivity index (χ2n) is 9.00. The SMILES string of the molecule is O=C1COc2ccccc2C/C=C/C[C@@H]2[C@@H](CCCN2C(=O)c2ccc3nc(C(F)(F)F)[nH]c3c2)N1. The molecule has 2 aliphatic rings. The molecule has 2 N–H and O–H groups in total. The Labute approximate surface area is 205 Å². The Kier molecular flexibility index (Phi) is 6.42. The van der Waals surface area contributed by atoms with Crippen LogP contribution < -0.4 is 10.1 Å². The summed E-state index contributed by atoms with van der Waals surface area (Å²) < 4.78 is 44.9. The number of hydrogen-bond donors (Lipinski definition) is 2. The highest BCUT2D eigenvalue weighted by Crippen LogP contribution is 2.30. The summed E-state index contributed by atoms with van der Waals surface area (Å²) in [6, 6.07) is 11.3. The number of aromatic nitrogens is 2. The fraction of sp³-hybridized carbons (Fsp3) is 0.346. The monoisotopic (exact) mass is 498 g/mol. The molecule has 2 aromatic carbocycles. The first-order valence-corrected chi connectivity index (χ1v) is 11.8. The van der Waals surface area contributed by atoms with E-state index in [4.69, 9.17) is 4.74 Å². The number of H-pyrrole nitrogens is 1. The lowest BCUT2D eigenvalue weighted by Crippen LogP contribution is -2.57. The number of rotatable bonds is 1. The smallest absolute Gasteiger partial charge is 0.449 e. The van der Waals surface area contributed by atoms with Gasteiger partial charge in [0.2, 0.25) is 5.82 Å². The quantitative estimate of drug-likeness (QED) is 0.491. The second kappa shape index (κ2) is 9.67. The van der Waals surface area contributed by atoms with E-state index in [1.54, 1.807) is 4.90 Å². The maximum absolute atomic E-state index is 13.5. The minimum atomic E-state index is -4.61. The number of halogens is 3. The zero-order chi connectivity index (χ0) is 25.3. The number of imidazole rings is 1. The number of allylic oxidation sites excluding steroid dienone is 1. The summed E-state index contributed by atoms with van der Waals surface area (Å²) in [6.45, 7) is 0.355. The Morgan fingerprint density at radius 2 is 1.97 bits per heavy atom. The molecule has 7 nitrogen and oxygen atoms in total. The summed E-state index contributed by atoms with van der Waals surface area (Å²) in [5, 5.41) is 3.02. The van der Waals surface area contributed by atoms with Crippen LogP contribution in [0.15, 0.2) is 54.6 Å². The van der Waals surface area contributed by atoms with Crippen LogP contribution in [0.5, 0.6) is 5.75 Å². The minimum absolute atomic E-state index is 0.129. The van der Waals surface area contributed by atoms with Crippen molar-refractivity contribution in [1.82, 2.24) is 20.2 Å². The Balaban J connectivity index is 1.41. The van der Waals surface area contributed by atoms with Gasteiger partial charge in [-0.05, 0) is 55.5 Å². The topological polar surface area (TPSA) is 87.3 Å². The van der Waals surface area contributed by atoms with Crippen LogP contribution in [0.2, 0.25) is 0 Å². The highest BCUT2D eigenvalue weighted by Gasteiger charge is 2.36. The summed E-state index contributed by atoms with van der Waals surface area (Å²) in [5.41, 5.74) is 1.50. The maximum Gasteiger partial charge on any atom is 0.449 e. The van der Waals surface area contributed by atoms with E-state index in [0.29, 0.717) is 38.0 Å². The van der Waals surface area contributed by atoms with Gasteiger partial charge in [-0.25, -0.2) is 4.98 Å². The molecule has 0 bridgehead atoms. The molecule has 3 heterocycles. The lowest BCUT2D eigenvalue weighted by molar-refractivity contribution is -0.144. The number of likely N-dealkylation sites (tertiary alicyclic amines) is 1. The Hall–Kier alpha value is -3.82. The standard InChI is InChI=1S/C26H25F3N4O3/c27-26(28,29)25-31-18-12-11-17(14-20(18)32-25)24(35)33-13-5-8-19-21(33)9-3-1-6-16-7-2-4-10-22(16)36-15-23(34)30-19/h1-4,7,10-12,14,19,21H,5-6,8-9,13,15H2,(H,30,34)(H,31,32)/b3-1+/t19-,21-/m1/s1. The van der Waals surface area contributed by atoms with Gasteiger partial charge in [-0.2, -0.15) is 13.2 Å². The molecule has 3 aromatic rings. The van der Waals surface area contributed by atoms with Crippen molar-refractivity contribution < 1.29 is 27.5 Å². The normalized spacial score (nSPS) is 21.9. The van der Waals surface area contributed by atoms with Crippen LogP contribution in [0.3, 0.4) is 0 Å². The van der Waals surface area contributed by atoms with Crippen LogP contribution in [0, 0.1) is 0 Å². The fourth-order valence-corrected chi connectivity index (χ4v) is 4.86. The first-order valence-electron chi connectivity index (χ1n) is 11.8. The highest BCUT2D eigenvalue weighted by atomic mass is 19.4. The third kappa shape index (κ3) is 4.93. The molecule has 1 fully saturated rings. The third-order valence-corrected chi connectivity index (χ3v) is 6.60. The number of para-hydroxylation sites is 1. The molecule has 188 valence electrons. The average Bonchev–Trinajstić information content (AvgIpc) is 3.30. The first-order chi connectivity index (χ1) is 17.3. The van der Waals surface area contributed by atoms with Crippen LogP contribution >= 0.6 is 0 Å². The Morgan fingerprint density at radius 3 is 2.81 bits per heavy atom. The fourth-order valence-electron chi connectivity index (χ4n) is 4.86. The van der Waals surface area contributed by atoms with Crippen LogP contribution in [-0.2, 0) is 17.4 Å². The van der Waals surface area contributed by atoms with Gasteiger partial charge < -0.3 is 19.9 Å². The minimum Gasteiger partial charge on any atom is -0.483 e. The van der Waals surface area contributed by atoms with Gasteiger partial charge in [0.25, 0.3) is 11.8 Å². The molecule has 36 heavy (non-hydrogen) atoms. The Morgan fingerprint density at radius 1 is 1.14 bits per heavy atom. The van der Waals surface area contributed by atoms with Crippen molar-refractivity contribution in [1.29, 1.82) is 0 Å². The molecule has 0 radical (unpaired) electrons. The van der Waals surface area contributed by atoms with Crippen molar-refractivity contribution in [2.75, 3.05) is 13.2 Å². The molecule has 2 atom stereocenters. The summed E-state index contributed by atoms with van der Waals surface area (Å²) in [7, 11) is 0. The molecular formula is C26H25F3N4O3. The van der Waals surface area contributed by atoms with Gasteiger partial charge in [-0.15, -0.1) is 0 Å². The average molecular weight is 499 g/mol. The summed E-state index contributed by atoms with van der Waals surface area (Å²) >= 11 is 0. The lowest BCUT2D eigenvalue weighted by atomic mass is 9.92. The molecule has 0 aliphatic carbocycles. The van der Waals surface area contributed by atoms with Crippen LogP contribution in [-0.4, -0.2) is 51.9 Å². The zero-order valence-corrected chi connectivity index (χ0v) is 19.3. The molecule has 0 unspecified atom stereocenters. The molecule has 1 aromatic heterocycles. The highest BCUT2D eigenvalue weighted by molar-refractivity contribution is 5.97. The van der Waals surface area contributed by atoms with E-state index in [0.717, 1.165) is 5.56 Å². The first kappa shape index (κ1) is 23.9. The number of hydrogen-bond acceptors (Lipinski definition) is 4. The molecule has 2 amide bonds. The van der Waals surface area contributed by atoms with Gasteiger partial charge in [0.15, 0.2) is 6.61 Å². The summed E-state index contributed by atoms with van der Waals surface area (Å²) in [5.74, 6) is -1.00. The number of benzene rings is 2. The molecule has 0 saturated carbocycles. The number of carbonyl (C=O) groups excluding carboxylic acids is 2. The number of fused-ring (bicyclic) bond motifs is 3. The number of nitrogens with one attached hydrogen (secondary N) is 2. The molecule has 10 heteroatoms.